The minimum Gasteiger partial charge on any atom is -0.454 e. The van der Waals surface area contributed by atoms with E-state index < -0.39 is 5.60 Å². The molecule has 1 rings (SSSR count). The summed E-state index contributed by atoms with van der Waals surface area (Å²) in [5.41, 5.74) is -0.406. The smallest absolute Gasteiger partial charge is 0.331 e. The minimum atomic E-state index is -0.406. The predicted octanol–water partition coefficient (Wildman–Crippen LogP) is 1.28. The van der Waals surface area contributed by atoms with Crippen LogP contribution in [0.2, 0.25) is 0 Å². The lowest BCUT2D eigenvalue weighted by atomic mass is 10.1. The molecule has 0 N–H and O–H groups in total. The fourth-order valence-electron chi connectivity index (χ4n) is 1.14. The summed E-state index contributed by atoms with van der Waals surface area (Å²) < 4.78 is 10.3. The highest BCUT2D eigenvalue weighted by Crippen LogP contribution is 2.22. The third kappa shape index (κ3) is 2.34. The molecule has 1 saturated heterocycles. The predicted molar refractivity (Wildman–Crippen MR) is 44.7 cm³/mol. The van der Waals surface area contributed by atoms with Crippen molar-refractivity contribution in [2.24, 2.45) is 0 Å². The Labute approximate surface area is 72.4 Å². The number of hydrogen-bond donors (Lipinski definition) is 0. The molecule has 0 spiro atoms. The monoisotopic (exact) mass is 170 g/mol. The zero-order chi connectivity index (χ0) is 9.03. The van der Waals surface area contributed by atoms with Crippen LogP contribution >= 0.6 is 0 Å². The molecule has 68 valence electrons. The summed E-state index contributed by atoms with van der Waals surface area (Å²) in [4.78, 5) is 11.0. The van der Waals surface area contributed by atoms with Gasteiger partial charge in [0.2, 0.25) is 0 Å². The maximum Gasteiger partial charge on any atom is 0.331 e. The van der Waals surface area contributed by atoms with Crippen LogP contribution in [0.5, 0.6) is 0 Å². The molecule has 1 heterocycles. The summed E-state index contributed by atoms with van der Waals surface area (Å²) in [7, 11) is 0. The van der Waals surface area contributed by atoms with Gasteiger partial charge in [-0.05, 0) is 13.8 Å². The van der Waals surface area contributed by atoms with Gasteiger partial charge in [0.25, 0.3) is 0 Å². The normalized spacial score (nSPS) is 29.5. The van der Waals surface area contributed by atoms with Gasteiger partial charge in [0, 0.05) is 12.5 Å². The van der Waals surface area contributed by atoms with Crippen LogP contribution in [0.15, 0.2) is 12.2 Å². The first-order valence-corrected chi connectivity index (χ1v) is 4.10. The Kier molecular flexibility index (Phi) is 2.87. The molecule has 0 aromatic heterocycles. The van der Waals surface area contributed by atoms with E-state index in [4.69, 9.17) is 9.47 Å². The molecule has 1 atom stereocenters. The molecule has 12 heavy (non-hydrogen) atoms. The molecule has 0 bridgehead atoms. The first kappa shape index (κ1) is 9.26. The number of carbonyl (C=O) groups is 1. The van der Waals surface area contributed by atoms with Gasteiger partial charge in [0.05, 0.1) is 13.2 Å². The highest BCUT2D eigenvalue weighted by molar-refractivity contribution is 5.82. The van der Waals surface area contributed by atoms with Crippen molar-refractivity contribution < 1.29 is 14.3 Å². The number of esters is 1. The van der Waals surface area contributed by atoms with E-state index in [1.807, 2.05) is 6.92 Å². The van der Waals surface area contributed by atoms with Gasteiger partial charge in [0.1, 0.15) is 5.60 Å². The van der Waals surface area contributed by atoms with E-state index in [1.165, 1.54) is 6.08 Å². The third-order valence-corrected chi connectivity index (χ3v) is 1.83. The van der Waals surface area contributed by atoms with Crippen molar-refractivity contribution >= 4 is 5.97 Å². The van der Waals surface area contributed by atoms with Crippen molar-refractivity contribution in [2.75, 3.05) is 13.2 Å². The van der Waals surface area contributed by atoms with Gasteiger partial charge in [-0.3, -0.25) is 0 Å². The third-order valence-electron chi connectivity index (χ3n) is 1.83. The molecule has 3 nitrogen and oxygen atoms in total. The van der Waals surface area contributed by atoms with Crippen molar-refractivity contribution in [2.45, 2.75) is 25.9 Å². The van der Waals surface area contributed by atoms with Crippen LogP contribution in [0.4, 0.5) is 0 Å². The number of carbonyl (C=O) groups excluding carboxylic acids is 1. The molecule has 1 aliphatic rings. The summed E-state index contributed by atoms with van der Waals surface area (Å²) in [6, 6.07) is 0. The quantitative estimate of drug-likeness (QED) is 0.462. The summed E-state index contributed by atoms with van der Waals surface area (Å²) in [6.07, 6.45) is 3.88. The fraction of sp³-hybridized carbons (Fsp3) is 0.667. The van der Waals surface area contributed by atoms with Gasteiger partial charge in [-0.1, -0.05) is 6.08 Å². The zero-order valence-corrected chi connectivity index (χ0v) is 7.50. The SMILES string of the molecule is C/C=C/C(=O)OC1(C)CCOC1. The van der Waals surface area contributed by atoms with Gasteiger partial charge in [-0.15, -0.1) is 0 Å². The average molecular weight is 170 g/mol. The maximum absolute atomic E-state index is 11.0. The van der Waals surface area contributed by atoms with E-state index in [2.05, 4.69) is 0 Å². The minimum absolute atomic E-state index is 0.287. The van der Waals surface area contributed by atoms with Gasteiger partial charge in [-0.2, -0.15) is 0 Å². The van der Waals surface area contributed by atoms with Gasteiger partial charge >= 0.3 is 5.97 Å². The lowest BCUT2D eigenvalue weighted by Gasteiger charge is -2.21. The molecule has 1 aliphatic heterocycles. The maximum atomic E-state index is 11.0. The first-order valence-electron chi connectivity index (χ1n) is 4.10. The summed E-state index contributed by atoms with van der Waals surface area (Å²) >= 11 is 0. The molecule has 0 aromatic carbocycles. The van der Waals surface area contributed by atoms with Crippen molar-refractivity contribution in [1.82, 2.24) is 0 Å². The largest absolute Gasteiger partial charge is 0.454 e. The van der Waals surface area contributed by atoms with Gasteiger partial charge in [0.15, 0.2) is 0 Å². The Morgan fingerprint density at radius 3 is 2.92 bits per heavy atom. The molecule has 0 aliphatic carbocycles. The summed E-state index contributed by atoms with van der Waals surface area (Å²) in [5.74, 6) is -0.287. The van der Waals surface area contributed by atoms with E-state index in [0.29, 0.717) is 13.2 Å². The molecule has 0 saturated carbocycles. The lowest BCUT2D eigenvalue weighted by Crippen LogP contribution is -2.31. The molecule has 0 amide bonds. The highest BCUT2D eigenvalue weighted by Gasteiger charge is 2.32. The Balaban J connectivity index is 2.43. The molecule has 0 aromatic rings. The number of allylic oxidation sites excluding steroid dienone is 1. The van der Waals surface area contributed by atoms with E-state index in [0.717, 1.165) is 6.42 Å². The van der Waals surface area contributed by atoms with Crippen LogP contribution in [0, 0.1) is 0 Å². The van der Waals surface area contributed by atoms with Gasteiger partial charge < -0.3 is 9.47 Å². The van der Waals surface area contributed by atoms with E-state index >= 15 is 0 Å². The fourth-order valence-corrected chi connectivity index (χ4v) is 1.14. The average Bonchev–Trinajstić information content (AvgIpc) is 2.36. The van der Waals surface area contributed by atoms with Crippen molar-refractivity contribution in [3.8, 4) is 0 Å². The van der Waals surface area contributed by atoms with Crippen LogP contribution < -0.4 is 0 Å². The molecular formula is C9H14O3. The second kappa shape index (κ2) is 3.72. The second-order valence-electron chi connectivity index (χ2n) is 3.17. The molecule has 1 unspecified atom stereocenters. The van der Waals surface area contributed by atoms with Crippen molar-refractivity contribution in [1.29, 1.82) is 0 Å². The highest BCUT2D eigenvalue weighted by atomic mass is 16.6. The second-order valence-corrected chi connectivity index (χ2v) is 3.17. The summed E-state index contributed by atoms with van der Waals surface area (Å²) in [6.45, 7) is 4.87. The molecule has 3 heteroatoms. The van der Waals surface area contributed by atoms with Crippen LogP contribution in [0.3, 0.4) is 0 Å². The number of hydrogen-bond acceptors (Lipinski definition) is 3. The lowest BCUT2D eigenvalue weighted by molar-refractivity contribution is -0.151. The van der Waals surface area contributed by atoms with Crippen molar-refractivity contribution in [3.63, 3.8) is 0 Å². The van der Waals surface area contributed by atoms with Crippen LogP contribution in [-0.2, 0) is 14.3 Å². The van der Waals surface area contributed by atoms with Crippen LogP contribution in [-0.4, -0.2) is 24.8 Å². The van der Waals surface area contributed by atoms with E-state index in [-0.39, 0.29) is 5.97 Å². The Morgan fingerprint density at radius 2 is 2.42 bits per heavy atom. The van der Waals surface area contributed by atoms with E-state index in [1.54, 1.807) is 13.0 Å². The van der Waals surface area contributed by atoms with Crippen LogP contribution in [0.25, 0.3) is 0 Å². The Bertz CT molecular complexity index is 190. The van der Waals surface area contributed by atoms with Gasteiger partial charge in [-0.25, -0.2) is 4.79 Å². The molecule has 1 fully saturated rings. The number of rotatable bonds is 2. The standard InChI is InChI=1S/C9H14O3/c1-3-4-8(10)12-9(2)5-6-11-7-9/h3-4H,5-7H2,1-2H3/b4-3+. The first-order chi connectivity index (χ1) is 5.66. The molecule has 0 radical (unpaired) electrons. The van der Waals surface area contributed by atoms with E-state index in [9.17, 15) is 4.79 Å². The molecular weight excluding hydrogens is 156 g/mol. The Morgan fingerprint density at radius 1 is 1.67 bits per heavy atom. The zero-order valence-electron chi connectivity index (χ0n) is 7.50. The van der Waals surface area contributed by atoms with Crippen LogP contribution in [0.1, 0.15) is 20.3 Å². The summed E-state index contributed by atoms with van der Waals surface area (Å²) in [5, 5.41) is 0. The Hall–Kier alpha value is -0.830. The number of ether oxygens (including phenoxy) is 2. The van der Waals surface area contributed by atoms with Crippen molar-refractivity contribution in [3.05, 3.63) is 12.2 Å². The topological polar surface area (TPSA) is 35.5 Å².